The molecule has 18 heavy (non-hydrogen) atoms. The van der Waals surface area contributed by atoms with Crippen LogP contribution in [0.5, 0.6) is 0 Å². The molecule has 0 aliphatic rings. The van der Waals surface area contributed by atoms with Crippen LogP contribution in [0.15, 0.2) is 12.1 Å². The molecule has 0 fully saturated rings. The maximum atomic E-state index is 13.6. The van der Waals surface area contributed by atoms with Gasteiger partial charge in [0.1, 0.15) is 5.82 Å². The SMILES string of the molecule is CCCO[Si](OCCC)c1cc(F)c(F)cc1F. The van der Waals surface area contributed by atoms with Gasteiger partial charge in [-0.1, -0.05) is 13.8 Å². The van der Waals surface area contributed by atoms with Crippen molar-refractivity contribution in [2.24, 2.45) is 0 Å². The lowest BCUT2D eigenvalue weighted by atomic mass is 10.3. The second kappa shape index (κ2) is 7.55. The molecule has 0 spiro atoms. The van der Waals surface area contributed by atoms with Gasteiger partial charge in [0, 0.05) is 24.5 Å². The highest BCUT2D eigenvalue weighted by Crippen LogP contribution is 2.08. The largest absolute Gasteiger partial charge is 0.426 e. The lowest BCUT2D eigenvalue weighted by Crippen LogP contribution is -2.40. The lowest BCUT2D eigenvalue weighted by molar-refractivity contribution is 0.206. The maximum Gasteiger partial charge on any atom is 0.426 e. The fraction of sp³-hybridized carbons (Fsp3) is 0.500. The molecule has 2 nitrogen and oxygen atoms in total. The Labute approximate surface area is 107 Å². The highest BCUT2D eigenvalue weighted by molar-refractivity contribution is 6.61. The predicted molar refractivity (Wildman–Crippen MR) is 64.2 cm³/mol. The average molecular weight is 277 g/mol. The molecular weight excluding hydrogens is 261 g/mol. The quantitative estimate of drug-likeness (QED) is 0.563. The van der Waals surface area contributed by atoms with E-state index in [-0.39, 0.29) is 5.19 Å². The van der Waals surface area contributed by atoms with Crippen molar-refractivity contribution in [3.63, 3.8) is 0 Å². The zero-order valence-corrected chi connectivity index (χ0v) is 11.4. The Bertz CT molecular complexity index is 380. The normalized spacial score (nSPS) is 11.2. The average Bonchev–Trinajstić information content (AvgIpc) is 2.35. The van der Waals surface area contributed by atoms with E-state index < -0.39 is 26.7 Å². The van der Waals surface area contributed by atoms with Crippen LogP contribution in [0.4, 0.5) is 13.2 Å². The van der Waals surface area contributed by atoms with Crippen molar-refractivity contribution in [2.75, 3.05) is 13.2 Å². The summed E-state index contributed by atoms with van der Waals surface area (Å²) in [6, 6.07) is 1.35. The van der Waals surface area contributed by atoms with Gasteiger partial charge in [0.15, 0.2) is 11.6 Å². The van der Waals surface area contributed by atoms with Gasteiger partial charge >= 0.3 is 9.28 Å². The zero-order valence-electron chi connectivity index (χ0n) is 10.4. The molecular formula is C12H16F3O2Si. The van der Waals surface area contributed by atoms with Crippen LogP contribution in [-0.2, 0) is 8.85 Å². The van der Waals surface area contributed by atoms with Crippen LogP contribution in [0.1, 0.15) is 26.7 Å². The molecule has 6 heteroatoms. The van der Waals surface area contributed by atoms with Gasteiger partial charge in [-0.25, -0.2) is 13.2 Å². The molecule has 0 amide bonds. The lowest BCUT2D eigenvalue weighted by Gasteiger charge is -2.15. The number of rotatable bonds is 7. The van der Waals surface area contributed by atoms with E-state index in [1.54, 1.807) is 0 Å². The molecule has 0 heterocycles. The predicted octanol–water partition coefficient (Wildman–Crippen LogP) is 2.65. The van der Waals surface area contributed by atoms with E-state index in [0.29, 0.717) is 19.3 Å². The molecule has 0 aliphatic carbocycles. The monoisotopic (exact) mass is 277 g/mol. The minimum absolute atomic E-state index is 0.0131. The van der Waals surface area contributed by atoms with Gasteiger partial charge in [-0.3, -0.25) is 0 Å². The van der Waals surface area contributed by atoms with Crippen LogP contribution < -0.4 is 5.19 Å². The Kier molecular flexibility index (Phi) is 6.38. The first-order chi connectivity index (χ1) is 8.60. The van der Waals surface area contributed by atoms with Crippen LogP contribution in [0.25, 0.3) is 0 Å². The summed E-state index contributed by atoms with van der Waals surface area (Å²) >= 11 is 0. The van der Waals surface area contributed by atoms with Crippen molar-refractivity contribution < 1.29 is 22.0 Å². The van der Waals surface area contributed by atoms with E-state index in [0.717, 1.165) is 18.9 Å². The van der Waals surface area contributed by atoms with Crippen LogP contribution in [-0.4, -0.2) is 22.5 Å². The van der Waals surface area contributed by atoms with E-state index in [2.05, 4.69) is 0 Å². The highest BCUT2D eigenvalue weighted by atomic mass is 28.3. The highest BCUT2D eigenvalue weighted by Gasteiger charge is 2.25. The number of hydrogen-bond acceptors (Lipinski definition) is 2. The molecule has 0 N–H and O–H groups in total. The first-order valence-corrected chi connectivity index (χ1v) is 7.19. The number of hydrogen-bond donors (Lipinski definition) is 0. The third-order valence-corrected chi connectivity index (χ3v) is 3.86. The van der Waals surface area contributed by atoms with Crippen LogP contribution in [0, 0.1) is 17.5 Å². The molecule has 1 aromatic carbocycles. The molecule has 0 atom stereocenters. The number of benzene rings is 1. The molecule has 1 aromatic rings. The second-order valence-electron chi connectivity index (χ2n) is 3.73. The molecule has 101 valence electrons. The minimum Gasteiger partial charge on any atom is -0.390 e. The van der Waals surface area contributed by atoms with Gasteiger partial charge in [-0.05, 0) is 18.9 Å². The van der Waals surface area contributed by atoms with E-state index in [4.69, 9.17) is 8.85 Å². The smallest absolute Gasteiger partial charge is 0.390 e. The molecule has 1 rings (SSSR count). The minimum atomic E-state index is -2.10. The Morgan fingerprint density at radius 3 is 1.89 bits per heavy atom. The van der Waals surface area contributed by atoms with Crippen molar-refractivity contribution in [2.45, 2.75) is 26.7 Å². The summed E-state index contributed by atoms with van der Waals surface area (Å²) < 4.78 is 50.4. The third kappa shape index (κ3) is 4.11. The summed E-state index contributed by atoms with van der Waals surface area (Å²) in [7, 11) is -2.10. The molecule has 1 radical (unpaired) electrons. The standard InChI is InChI=1S/C12H16F3O2Si/c1-3-5-16-18(17-6-4-2)12-8-10(14)9(13)7-11(12)15/h7-8H,3-6H2,1-2H3. The third-order valence-electron chi connectivity index (χ3n) is 2.10. The summed E-state index contributed by atoms with van der Waals surface area (Å²) in [5.74, 6) is -3.12. The van der Waals surface area contributed by atoms with Crippen molar-refractivity contribution in [3.05, 3.63) is 29.6 Å². The van der Waals surface area contributed by atoms with E-state index in [9.17, 15) is 13.2 Å². The summed E-state index contributed by atoms with van der Waals surface area (Å²) in [4.78, 5) is 0. The fourth-order valence-electron chi connectivity index (χ4n) is 1.27. The van der Waals surface area contributed by atoms with Crippen LogP contribution in [0.3, 0.4) is 0 Å². The summed E-state index contributed by atoms with van der Waals surface area (Å²) in [6.07, 6.45) is 1.49. The van der Waals surface area contributed by atoms with Gasteiger partial charge in [0.25, 0.3) is 0 Å². The van der Waals surface area contributed by atoms with Crippen molar-refractivity contribution in [1.29, 1.82) is 0 Å². The maximum absolute atomic E-state index is 13.6. The van der Waals surface area contributed by atoms with E-state index in [1.165, 1.54) is 0 Å². The molecule has 0 aromatic heterocycles. The second-order valence-corrected chi connectivity index (χ2v) is 5.42. The van der Waals surface area contributed by atoms with Gasteiger partial charge < -0.3 is 8.85 Å². The van der Waals surface area contributed by atoms with Gasteiger partial charge in [-0.2, -0.15) is 0 Å². The molecule has 0 unspecified atom stereocenters. The first-order valence-electron chi connectivity index (χ1n) is 5.87. The van der Waals surface area contributed by atoms with Gasteiger partial charge in [0.05, 0.1) is 0 Å². The van der Waals surface area contributed by atoms with Crippen molar-refractivity contribution in [1.82, 2.24) is 0 Å². The Morgan fingerprint density at radius 2 is 1.39 bits per heavy atom. The summed E-state index contributed by atoms with van der Waals surface area (Å²) in [5, 5.41) is -0.0131. The van der Waals surface area contributed by atoms with Crippen LogP contribution in [0.2, 0.25) is 0 Å². The first kappa shape index (κ1) is 15.2. The Balaban J connectivity index is 2.92. The molecule has 0 saturated heterocycles. The molecule has 0 aliphatic heterocycles. The van der Waals surface area contributed by atoms with E-state index in [1.807, 2.05) is 13.8 Å². The number of halogens is 3. The molecule has 0 saturated carbocycles. The molecule has 0 bridgehead atoms. The van der Waals surface area contributed by atoms with Crippen LogP contribution >= 0.6 is 0 Å². The van der Waals surface area contributed by atoms with Gasteiger partial charge in [0.2, 0.25) is 0 Å². The topological polar surface area (TPSA) is 18.5 Å². The Morgan fingerprint density at radius 1 is 0.889 bits per heavy atom. The summed E-state index contributed by atoms with van der Waals surface area (Å²) in [5.41, 5.74) is 0. The van der Waals surface area contributed by atoms with E-state index >= 15 is 0 Å². The van der Waals surface area contributed by atoms with Gasteiger partial charge in [-0.15, -0.1) is 0 Å². The fourth-order valence-corrected chi connectivity index (χ4v) is 2.95. The van der Waals surface area contributed by atoms with Crippen molar-refractivity contribution >= 4 is 14.5 Å². The Hall–Kier alpha value is -0.853. The zero-order chi connectivity index (χ0) is 13.5. The van der Waals surface area contributed by atoms with Crippen molar-refractivity contribution in [3.8, 4) is 0 Å². The summed E-state index contributed by atoms with van der Waals surface area (Å²) in [6.45, 7) is 4.61.